The Labute approximate surface area is 166 Å². The van der Waals surface area contributed by atoms with Crippen LogP contribution in [0.4, 0.5) is 17.6 Å². The van der Waals surface area contributed by atoms with Crippen LogP contribution in [0.5, 0.6) is 0 Å². The molecule has 2 aliphatic heterocycles. The summed E-state index contributed by atoms with van der Waals surface area (Å²) in [7, 11) is 3.53. The van der Waals surface area contributed by atoms with Gasteiger partial charge in [0.25, 0.3) is 0 Å². The van der Waals surface area contributed by atoms with Crippen molar-refractivity contribution in [3.05, 3.63) is 35.1 Å². The maximum absolute atomic E-state index is 14.6. The van der Waals surface area contributed by atoms with Gasteiger partial charge in [-0.2, -0.15) is 13.2 Å². The minimum Gasteiger partial charge on any atom is -0.395 e. The van der Waals surface area contributed by atoms with Gasteiger partial charge in [0.2, 0.25) is 5.91 Å². The van der Waals surface area contributed by atoms with Crippen molar-refractivity contribution >= 4 is 5.91 Å². The minimum atomic E-state index is -4.64. The Morgan fingerprint density at radius 1 is 1.31 bits per heavy atom. The number of hydrazine groups is 1. The van der Waals surface area contributed by atoms with Gasteiger partial charge in [-0.1, -0.05) is 13.0 Å². The molecule has 5 atom stereocenters. The van der Waals surface area contributed by atoms with Crippen LogP contribution in [0.3, 0.4) is 0 Å². The van der Waals surface area contributed by atoms with E-state index in [0.717, 1.165) is 12.1 Å². The summed E-state index contributed by atoms with van der Waals surface area (Å²) in [6, 6.07) is 1.20. The summed E-state index contributed by atoms with van der Waals surface area (Å²) in [5.74, 6) is -1.89. The maximum Gasteiger partial charge on any atom is 0.416 e. The molecule has 5 unspecified atom stereocenters. The van der Waals surface area contributed by atoms with E-state index in [9.17, 15) is 27.5 Å². The first-order valence-corrected chi connectivity index (χ1v) is 9.33. The summed E-state index contributed by atoms with van der Waals surface area (Å²) in [5.41, 5.74) is 2.07. The molecule has 0 spiro atoms. The van der Waals surface area contributed by atoms with Crippen molar-refractivity contribution in [3.63, 3.8) is 0 Å². The first kappa shape index (κ1) is 21.9. The molecule has 3 rings (SSSR count). The summed E-state index contributed by atoms with van der Waals surface area (Å²) in [4.78, 5) is 14.4. The summed E-state index contributed by atoms with van der Waals surface area (Å²) in [5, 5.41) is 17.4. The molecule has 29 heavy (non-hydrogen) atoms. The fourth-order valence-electron chi connectivity index (χ4n) is 3.95. The Kier molecular flexibility index (Phi) is 6.16. The zero-order valence-corrected chi connectivity index (χ0v) is 16.3. The summed E-state index contributed by atoms with van der Waals surface area (Å²) in [6.07, 6.45) is -5.34. The lowest BCUT2D eigenvalue weighted by Crippen LogP contribution is -2.68. The predicted octanol–water partition coefficient (Wildman–Crippen LogP) is 0.984. The number of aliphatic hydroxyl groups excluding tert-OH is 1. The van der Waals surface area contributed by atoms with Crippen molar-refractivity contribution in [1.29, 1.82) is 0 Å². The van der Waals surface area contributed by atoms with Crippen LogP contribution in [0, 0.1) is 11.7 Å². The van der Waals surface area contributed by atoms with Gasteiger partial charge in [0.05, 0.1) is 36.3 Å². The van der Waals surface area contributed by atoms with Gasteiger partial charge in [-0.05, 0) is 32.6 Å². The molecule has 0 bridgehead atoms. The standard InChI is InChI=1S/C18H25F4N5O2/c1-4-13(10-6-5-9(7-11(10)19)18(20,21)22)27-15-14(12(8-28)25-27)16(29)24-17(23-15)26(2)3/h5-7,12-15,17,23,25,28H,4,8H2,1-3H3,(H,24,29). The summed E-state index contributed by atoms with van der Waals surface area (Å²) >= 11 is 0. The van der Waals surface area contributed by atoms with E-state index >= 15 is 0 Å². The van der Waals surface area contributed by atoms with Gasteiger partial charge in [-0.15, -0.1) is 0 Å². The molecule has 0 aliphatic carbocycles. The molecular weight excluding hydrogens is 394 g/mol. The number of rotatable bonds is 5. The Hall–Kier alpha value is -1.79. The van der Waals surface area contributed by atoms with Crippen LogP contribution in [0.1, 0.15) is 30.5 Å². The number of carbonyl (C=O) groups is 1. The van der Waals surface area contributed by atoms with E-state index in [1.54, 1.807) is 30.9 Å². The molecule has 0 saturated carbocycles. The van der Waals surface area contributed by atoms with E-state index in [0.29, 0.717) is 12.5 Å². The monoisotopic (exact) mass is 419 g/mol. The van der Waals surface area contributed by atoms with Crippen molar-refractivity contribution in [2.75, 3.05) is 20.7 Å². The first-order valence-electron chi connectivity index (χ1n) is 9.33. The van der Waals surface area contributed by atoms with Crippen LogP contribution in [0.25, 0.3) is 0 Å². The van der Waals surface area contributed by atoms with Crippen LogP contribution >= 0.6 is 0 Å². The number of benzene rings is 1. The smallest absolute Gasteiger partial charge is 0.395 e. The van der Waals surface area contributed by atoms with Gasteiger partial charge in [-0.3, -0.25) is 15.0 Å². The number of nitrogens with one attached hydrogen (secondary N) is 3. The number of carbonyl (C=O) groups excluding carboxylic acids is 1. The normalized spacial score (nSPS) is 29.1. The third kappa shape index (κ3) is 4.10. The molecule has 0 aromatic heterocycles. The van der Waals surface area contributed by atoms with Gasteiger partial charge in [0, 0.05) is 5.56 Å². The molecule has 162 valence electrons. The number of hydrogen-bond donors (Lipinski definition) is 4. The maximum atomic E-state index is 14.6. The van der Waals surface area contributed by atoms with Crippen LogP contribution in [-0.2, 0) is 11.0 Å². The second kappa shape index (κ2) is 8.15. The number of halogens is 4. The van der Waals surface area contributed by atoms with E-state index in [1.165, 1.54) is 0 Å². The SMILES string of the molecule is CCC(c1ccc(C(F)(F)F)cc1F)N1NC(CO)C2C(=O)NC(N(C)C)NC21. The number of fused-ring (bicyclic) bond motifs is 1. The molecule has 2 saturated heterocycles. The fourth-order valence-corrected chi connectivity index (χ4v) is 3.95. The number of nitrogens with zero attached hydrogens (tertiary/aromatic N) is 2. The second-order valence-electron chi connectivity index (χ2n) is 7.50. The van der Waals surface area contributed by atoms with Gasteiger partial charge in [-0.25, -0.2) is 14.8 Å². The third-order valence-corrected chi connectivity index (χ3v) is 5.42. The van der Waals surface area contributed by atoms with E-state index in [-0.39, 0.29) is 18.1 Å². The lowest BCUT2D eigenvalue weighted by Gasteiger charge is -2.41. The minimum absolute atomic E-state index is 0.0829. The predicted molar refractivity (Wildman–Crippen MR) is 96.3 cm³/mol. The van der Waals surface area contributed by atoms with Crippen molar-refractivity contribution in [2.45, 2.75) is 44.1 Å². The molecule has 11 heteroatoms. The zero-order valence-electron chi connectivity index (χ0n) is 16.3. The molecule has 4 N–H and O–H groups in total. The summed E-state index contributed by atoms with van der Waals surface area (Å²) in [6.45, 7) is 1.45. The number of hydrogen-bond acceptors (Lipinski definition) is 6. The molecule has 2 fully saturated rings. The van der Waals surface area contributed by atoms with Crippen LogP contribution < -0.4 is 16.1 Å². The molecule has 2 heterocycles. The van der Waals surface area contributed by atoms with Crippen molar-refractivity contribution in [3.8, 4) is 0 Å². The van der Waals surface area contributed by atoms with E-state index in [1.807, 2.05) is 0 Å². The molecule has 1 aromatic carbocycles. The average molecular weight is 419 g/mol. The van der Waals surface area contributed by atoms with Gasteiger partial charge in [0.15, 0.2) is 0 Å². The van der Waals surface area contributed by atoms with Crippen LogP contribution in [0.2, 0.25) is 0 Å². The second-order valence-corrected chi connectivity index (χ2v) is 7.50. The molecule has 2 aliphatic rings. The largest absolute Gasteiger partial charge is 0.416 e. The van der Waals surface area contributed by atoms with Crippen LogP contribution in [0.15, 0.2) is 18.2 Å². The van der Waals surface area contributed by atoms with Crippen molar-refractivity contribution in [2.24, 2.45) is 5.92 Å². The van der Waals surface area contributed by atoms with E-state index in [4.69, 9.17) is 0 Å². The quantitative estimate of drug-likeness (QED) is 0.533. The van der Waals surface area contributed by atoms with Gasteiger partial charge >= 0.3 is 6.18 Å². The molecule has 1 amide bonds. The first-order chi connectivity index (χ1) is 13.6. The zero-order chi connectivity index (χ0) is 21.5. The van der Waals surface area contributed by atoms with Gasteiger partial charge in [0.1, 0.15) is 12.1 Å². The number of alkyl halides is 3. The topological polar surface area (TPSA) is 79.9 Å². The van der Waals surface area contributed by atoms with Gasteiger partial charge < -0.3 is 10.4 Å². The molecule has 0 radical (unpaired) electrons. The summed E-state index contributed by atoms with van der Waals surface area (Å²) < 4.78 is 53.3. The molecular formula is C18H25F4N5O2. The van der Waals surface area contributed by atoms with Crippen molar-refractivity contribution in [1.82, 2.24) is 26.0 Å². The Morgan fingerprint density at radius 3 is 2.52 bits per heavy atom. The number of aliphatic hydroxyl groups is 1. The Bertz CT molecular complexity index is 760. The highest BCUT2D eigenvalue weighted by Gasteiger charge is 2.51. The highest BCUT2D eigenvalue weighted by atomic mass is 19.4. The lowest BCUT2D eigenvalue weighted by molar-refractivity contribution is -0.138. The average Bonchev–Trinajstić information content (AvgIpc) is 3.02. The Balaban J connectivity index is 1.95. The molecule has 7 nitrogen and oxygen atoms in total. The third-order valence-electron chi connectivity index (χ3n) is 5.42. The van der Waals surface area contributed by atoms with E-state index < -0.39 is 48.0 Å². The lowest BCUT2D eigenvalue weighted by atomic mass is 9.94. The molecule has 1 aromatic rings. The highest BCUT2D eigenvalue weighted by Crippen LogP contribution is 2.37. The number of amides is 1. The Morgan fingerprint density at radius 2 is 2.00 bits per heavy atom. The van der Waals surface area contributed by atoms with Crippen LogP contribution in [-0.4, -0.2) is 60.1 Å². The highest BCUT2D eigenvalue weighted by molar-refractivity contribution is 5.81. The van der Waals surface area contributed by atoms with Crippen molar-refractivity contribution < 1.29 is 27.5 Å². The van der Waals surface area contributed by atoms with E-state index in [2.05, 4.69) is 16.1 Å². The fraction of sp³-hybridized carbons (Fsp3) is 0.611.